The number of carbonyl (C=O) groups excluding carboxylic acids is 1. The lowest BCUT2D eigenvalue weighted by Gasteiger charge is -2.29. The number of benzene rings is 1. The van der Waals surface area contributed by atoms with Gasteiger partial charge in [0.15, 0.2) is 0 Å². The Morgan fingerprint density at radius 1 is 1.42 bits per heavy atom. The smallest absolute Gasteiger partial charge is 0.257 e. The molecule has 5 nitrogen and oxygen atoms in total. The molecule has 2 aromatic rings. The van der Waals surface area contributed by atoms with Crippen molar-refractivity contribution in [1.82, 2.24) is 14.7 Å². The minimum absolute atomic E-state index is 0.0289. The second-order valence-electron chi connectivity index (χ2n) is 4.86. The Balaban J connectivity index is 1.84. The van der Waals surface area contributed by atoms with Crippen LogP contribution in [0.5, 0.6) is 0 Å². The van der Waals surface area contributed by atoms with Gasteiger partial charge in [-0.1, -0.05) is 12.1 Å². The molecule has 2 N–H and O–H groups in total. The third-order valence-corrected chi connectivity index (χ3v) is 3.54. The first-order valence-corrected chi connectivity index (χ1v) is 6.29. The van der Waals surface area contributed by atoms with Gasteiger partial charge in [0.25, 0.3) is 5.91 Å². The second kappa shape index (κ2) is 4.42. The van der Waals surface area contributed by atoms with Crippen molar-refractivity contribution in [3.63, 3.8) is 0 Å². The lowest BCUT2D eigenvalue weighted by atomic mass is 9.97. The summed E-state index contributed by atoms with van der Waals surface area (Å²) in [4.78, 5) is 14.2. The largest absolute Gasteiger partial charge is 0.398 e. The number of carbonyl (C=O) groups is 1. The van der Waals surface area contributed by atoms with Crippen molar-refractivity contribution in [2.75, 3.05) is 12.3 Å². The zero-order valence-electron chi connectivity index (χ0n) is 10.8. The van der Waals surface area contributed by atoms with Gasteiger partial charge in [-0.25, -0.2) is 0 Å². The van der Waals surface area contributed by atoms with E-state index < -0.39 is 0 Å². The van der Waals surface area contributed by atoms with Crippen molar-refractivity contribution in [3.05, 3.63) is 47.3 Å². The van der Waals surface area contributed by atoms with Crippen LogP contribution in [0.4, 0.5) is 5.69 Å². The molecule has 3 rings (SSSR count). The minimum Gasteiger partial charge on any atom is -0.398 e. The summed E-state index contributed by atoms with van der Waals surface area (Å²) in [5.41, 5.74) is 9.74. The molecule has 0 saturated carbocycles. The maximum absolute atomic E-state index is 12.3. The first-order valence-electron chi connectivity index (χ1n) is 6.29. The van der Waals surface area contributed by atoms with Crippen molar-refractivity contribution in [3.8, 4) is 0 Å². The van der Waals surface area contributed by atoms with E-state index in [0.29, 0.717) is 18.7 Å². The number of fused-ring (bicyclic) bond motifs is 1. The molecule has 1 aliphatic rings. The fourth-order valence-corrected chi connectivity index (χ4v) is 2.53. The van der Waals surface area contributed by atoms with E-state index in [1.807, 2.05) is 30.1 Å². The molecule has 98 valence electrons. The molecule has 19 heavy (non-hydrogen) atoms. The number of hydrogen-bond donors (Lipinski definition) is 1. The molecule has 0 fully saturated rings. The van der Waals surface area contributed by atoms with Gasteiger partial charge in [0, 0.05) is 32.0 Å². The average Bonchev–Trinajstić information content (AvgIpc) is 2.84. The molecule has 1 aromatic carbocycles. The van der Waals surface area contributed by atoms with Crippen molar-refractivity contribution in [2.24, 2.45) is 7.05 Å². The highest BCUT2D eigenvalue weighted by atomic mass is 16.2. The fraction of sp³-hybridized carbons (Fsp3) is 0.286. The van der Waals surface area contributed by atoms with E-state index in [1.165, 1.54) is 5.56 Å². The lowest BCUT2D eigenvalue weighted by Crippen LogP contribution is -2.36. The Labute approximate surface area is 111 Å². The Hall–Kier alpha value is -2.30. The molecule has 0 atom stereocenters. The Morgan fingerprint density at radius 3 is 3.00 bits per heavy atom. The SMILES string of the molecule is Cn1cc(C(=O)N2CCc3c(N)cccc3C2)cn1. The Kier molecular flexibility index (Phi) is 2.74. The van der Waals surface area contributed by atoms with E-state index in [0.717, 1.165) is 17.7 Å². The van der Waals surface area contributed by atoms with E-state index in [1.54, 1.807) is 17.1 Å². The maximum atomic E-state index is 12.3. The van der Waals surface area contributed by atoms with E-state index in [-0.39, 0.29) is 5.91 Å². The number of anilines is 1. The van der Waals surface area contributed by atoms with Crippen molar-refractivity contribution >= 4 is 11.6 Å². The number of aromatic nitrogens is 2. The van der Waals surface area contributed by atoms with Crippen LogP contribution in [0.1, 0.15) is 21.5 Å². The zero-order chi connectivity index (χ0) is 13.4. The predicted molar refractivity (Wildman–Crippen MR) is 72.5 cm³/mol. The van der Waals surface area contributed by atoms with Crippen LogP contribution in [-0.2, 0) is 20.0 Å². The van der Waals surface area contributed by atoms with E-state index in [4.69, 9.17) is 5.73 Å². The predicted octanol–water partition coefficient (Wildman–Crippen LogP) is 1.20. The second-order valence-corrected chi connectivity index (χ2v) is 4.86. The molecule has 0 spiro atoms. The maximum Gasteiger partial charge on any atom is 0.257 e. The third kappa shape index (κ3) is 2.07. The van der Waals surface area contributed by atoms with Crippen molar-refractivity contribution in [1.29, 1.82) is 0 Å². The third-order valence-electron chi connectivity index (χ3n) is 3.54. The molecule has 0 radical (unpaired) electrons. The molecule has 0 saturated heterocycles. The molecule has 0 bridgehead atoms. The fourth-order valence-electron chi connectivity index (χ4n) is 2.53. The van der Waals surface area contributed by atoms with Crippen molar-refractivity contribution in [2.45, 2.75) is 13.0 Å². The van der Waals surface area contributed by atoms with Crippen LogP contribution in [0.2, 0.25) is 0 Å². The van der Waals surface area contributed by atoms with Gasteiger partial charge in [0.05, 0.1) is 11.8 Å². The molecular formula is C14H16N4O. The first-order chi connectivity index (χ1) is 9.15. The molecule has 1 amide bonds. The van der Waals surface area contributed by atoms with Gasteiger partial charge >= 0.3 is 0 Å². The molecule has 0 aliphatic carbocycles. The summed E-state index contributed by atoms with van der Waals surface area (Å²) in [5.74, 6) is 0.0289. The highest BCUT2D eigenvalue weighted by Gasteiger charge is 2.23. The number of hydrogen-bond acceptors (Lipinski definition) is 3. The summed E-state index contributed by atoms with van der Waals surface area (Å²) in [6, 6.07) is 5.89. The highest BCUT2D eigenvalue weighted by molar-refractivity contribution is 5.93. The number of nitrogens with two attached hydrogens (primary N) is 1. The van der Waals surface area contributed by atoms with Gasteiger partial charge in [0.1, 0.15) is 0 Å². The van der Waals surface area contributed by atoms with E-state index in [2.05, 4.69) is 5.10 Å². The van der Waals surface area contributed by atoms with Gasteiger partial charge in [-0.2, -0.15) is 5.10 Å². The number of rotatable bonds is 1. The summed E-state index contributed by atoms with van der Waals surface area (Å²) in [6.07, 6.45) is 4.17. The van der Waals surface area contributed by atoms with E-state index in [9.17, 15) is 4.79 Å². The van der Waals surface area contributed by atoms with Gasteiger partial charge in [-0.05, 0) is 23.6 Å². The lowest BCUT2D eigenvalue weighted by molar-refractivity contribution is 0.0735. The average molecular weight is 256 g/mol. The Bertz CT molecular complexity index is 632. The summed E-state index contributed by atoms with van der Waals surface area (Å²) < 4.78 is 1.64. The number of aryl methyl sites for hydroxylation is 1. The highest BCUT2D eigenvalue weighted by Crippen LogP contribution is 2.24. The molecule has 1 aliphatic heterocycles. The molecular weight excluding hydrogens is 240 g/mol. The van der Waals surface area contributed by atoms with Gasteiger partial charge < -0.3 is 10.6 Å². The summed E-state index contributed by atoms with van der Waals surface area (Å²) >= 11 is 0. The van der Waals surface area contributed by atoms with Crippen LogP contribution in [0.3, 0.4) is 0 Å². The monoisotopic (exact) mass is 256 g/mol. The Morgan fingerprint density at radius 2 is 2.26 bits per heavy atom. The molecule has 5 heteroatoms. The zero-order valence-corrected chi connectivity index (χ0v) is 10.8. The summed E-state index contributed by atoms with van der Waals surface area (Å²) in [6.45, 7) is 1.32. The van der Waals surface area contributed by atoms with Crippen LogP contribution in [0, 0.1) is 0 Å². The summed E-state index contributed by atoms with van der Waals surface area (Å²) in [7, 11) is 1.81. The van der Waals surface area contributed by atoms with Crippen LogP contribution in [0.25, 0.3) is 0 Å². The summed E-state index contributed by atoms with van der Waals surface area (Å²) in [5, 5.41) is 4.04. The van der Waals surface area contributed by atoms with Crippen LogP contribution in [-0.4, -0.2) is 27.1 Å². The van der Waals surface area contributed by atoms with Crippen LogP contribution in [0.15, 0.2) is 30.6 Å². The standard InChI is InChI=1S/C14H16N4O/c1-17-8-11(7-16-17)14(19)18-6-5-12-10(9-18)3-2-4-13(12)15/h2-4,7-8H,5-6,9,15H2,1H3. The topological polar surface area (TPSA) is 64.2 Å². The molecule has 1 aromatic heterocycles. The van der Waals surface area contributed by atoms with Gasteiger partial charge in [-0.3, -0.25) is 9.48 Å². The normalized spacial score (nSPS) is 14.3. The first kappa shape index (κ1) is 11.8. The number of nitrogen functional groups attached to an aromatic ring is 1. The minimum atomic E-state index is 0.0289. The van der Waals surface area contributed by atoms with Crippen LogP contribution >= 0.6 is 0 Å². The van der Waals surface area contributed by atoms with Crippen LogP contribution < -0.4 is 5.73 Å². The van der Waals surface area contributed by atoms with E-state index >= 15 is 0 Å². The van der Waals surface area contributed by atoms with Crippen molar-refractivity contribution < 1.29 is 4.79 Å². The molecule has 2 heterocycles. The quantitative estimate of drug-likeness (QED) is 0.780. The number of nitrogens with zero attached hydrogens (tertiary/aromatic N) is 3. The van der Waals surface area contributed by atoms with Gasteiger partial charge in [-0.15, -0.1) is 0 Å². The molecule has 0 unspecified atom stereocenters. The number of amides is 1. The van der Waals surface area contributed by atoms with Gasteiger partial charge in [0.2, 0.25) is 0 Å².